The highest BCUT2D eigenvalue weighted by molar-refractivity contribution is 8.02. The van der Waals surface area contributed by atoms with Crippen molar-refractivity contribution in [3.05, 3.63) is 96.1 Å². The Bertz CT molecular complexity index is 1370. The van der Waals surface area contributed by atoms with E-state index in [1.165, 1.54) is 0 Å². The molecule has 2 aromatic rings. The van der Waals surface area contributed by atoms with Gasteiger partial charge in [-0.05, 0) is 24.0 Å². The molecule has 8 heteroatoms. The Morgan fingerprint density at radius 2 is 1.60 bits per heavy atom. The van der Waals surface area contributed by atoms with Crippen LogP contribution in [0.1, 0.15) is 30.9 Å². The predicted molar refractivity (Wildman–Crippen MR) is 164 cm³/mol. The molecule has 42 heavy (non-hydrogen) atoms. The number of fused-ring (bicyclic) bond motifs is 2. The fourth-order valence-corrected chi connectivity index (χ4v) is 9.20. The van der Waals surface area contributed by atoms with E-state index < -0.39 is 28.7 Å². The minimum absolute atomic E-state index is 0.0475. The Morgan fingerprint density at radius 3 is 2.29 bits per heavy atom. The minimum Gasteiger partial charge on any atom is -0.394 e. The third-order valence-corrected chi connectivity index (χ3v) is 10.9. The van der Waals surface area contributed by atoms with Crippen molar-refractivity contribution >= 4 is 29.5 Å². The van der Waals surface area contributed by atoms with Crippen molar-refractivity contribution in [2.75, 3.05) is 26.2 Å². The van der Waals surface area contributed by atoms with Crippen LogP contribution in [0.3, 0.4) is 0 Å². The fourth-order valence-electron chi connectivity index (χ4n) is 7.20. The molecule has 6 atom stereocenters. The van der Waals surface area contributed by atoms with Crippen LogP contribution in [0.4, 0.5) is 0 Å². The lowest BCUT2D eigenvalue weighted by molar-refractivity contribution is -0.147. The first-order valence-electron chi connectivity index (χ1n) is 15.1. The smallest absolute Gasteiger partial charge is 0.247 e. The van der Waals surface area contributed by atoms with E-state index in [0.29, 0.717) is 32.6 Å². The standard InChI is InChI=1S/C34H39N3O4S/c1-2-3-18-35-20-11-17-34-29(28-27(42-34)16-10-19-36(31(28)39)22-25-14-8-5-9-15-25)32(40)37(30(34)33(35)41)26(23-38)21-24-12-6-4-7-13-24/h4-17,26-30,38H,2-3,18-23H2,1H3/t26-,27-,28+,29+,30?,34+/m1/s1. The molecule has 0 bridgehead atoms. The van der Waals surface area contributed by atoms with Gasteiger partial charge in [-0.25, -0.2) is 0 Å². The highest BCUT2D eigenvalue weighted by Crippen LogP contribution is 2.61. The molecule has 4 aliphatic rings. The average molecular weight is 586 g/mol. The Hall–Kier alpha value is -3.36. The topological polar surface area (TPSA) is 81.2 Å². The van der Waals surface area contributed by atoms with Crippen LogP contribution in [0.25, 0.3) is 0 Å². The molecule has 4 aliphatic heterocycles. The molecule has 1 N–H and O–H groups in total. The van der Waals surface area contributed by atoms with E-state index in [2.05, 4.69) is 19.1 Å². The fraction of sp³-hybridized carbons (Fsp3) is 0.441. The lowest BCUT2D eigenvalue weighted by Crippen LogP contribution is -2.57. The number of aliphatic hydroxyl groups is 1. The van der Waals surface area contributed by atoms with Crippen LogP contribution < -0.4 is 0 Å². The van der Waals surface area contributed by atoms with Crippen LogP contribution in [0.2, 0.25) is 0 Å². The number of unbranched alkanes of at least 4 members (excludes halogenated alkanes) is 1. The van der Waals surface area contributed by atoms with Crippen LogP contribution in [0.5, 0.6) is 0 Å². The summed E-state index contributed by atoms with van der Waals surface area (Å²) in [5.41, 5.74) is 2.03. The van der Waals surface area contributed by atoms with Crippen molar-refractivity contribution in [1.82, 2.24) is 14.7 Å². The summed E-state index contributed by atoms with van der Waals surface area (Å²) in [4.78, 5) is 48.8. The van der Waals surface area contributed by atoms with Gasteiger partial charge in [-0.3, -0.25) is 14.4 Å². The first-order valence-corrected chi connectivity index (χ1v) is 16.0. The summed E-state index contributed by atoms with van der Waals surface area (Å²) in [6.45, 7) is 3.87. The summed E-state index contributed by atoms with van der Waals surface area (Å²) in [5, 5.41) is 10.5. The molecule has 1 unspecified atom stereocenters. The molecule has 220 valence electrons. The van der Waals surface area contributed by atoms with Gasteiger partial charge in [0.15, 0.2) is 0 Å². The minimum atomic E-state index is -0.885. The first-order chi connectivity index (χ1) is 20.5. The number of rotatable bonds is 9. The van der Waals surface area contributed by atoms with Crippen LogP contribution in [0, 0.1) is 11.8 Å². The van der Waals surface area contributed by atoms with Crippen molar-refractivity contribution in [3.8, 4) is 0 Å². The van der Waals surface area contributed by atoms with Crippen molar-refractivity contribution in [2.45, 2.75) is 54.8 Å². The molecule has 7 nitrogen and oxygen atoms in total. The summed E-state index contributed by atoms with van der Waals surface area (Å²) in [7, 11) is 0. The molecule has 2 saturated heterocycles. The van der Waals surface area contributed by atoms with Gasteiger partial charge in [-0.15, -0.1) is 11.8 Å². The number of carbonyl (C=O) groups excluding carboxylic acids is 3. The van der Waals surface area contributed by atoms with Gasteiger partial charge in [-0.1, -0.05) is 98.3 Å². The maximum Gasteiger partial charge on any atom is 0.247 e. The number of carbonyl (C=O) groups is 3. The second kappa shape index (κ2) is 12.1. The van der Waals surface area contributed by atoms with Crippen molar-refractivity contribution in [3.63, 3.8) is 0 Å². The van der Waals surface area contributed by atoms with Gasteiger partial charge in [0.25, 0.3) is 0 Å². The number of nitrogens with zero attached hydrogens (tertiary/aromatic N) is 3. The highest BCUT2D eigenvalue weighted by atomic mass is 32.2. The number of aliphatic hydroxyl groups excluding tert-OH is 1. The Morgan fingerprint density at radius 1 is 0.905 bits per heavy atom. The van der Waals surface area contributed by atoms with E-state index in [0.717, 1.165) is 24.0 Å². The van der Waals surface area contributed by atoms with Crippen molar-refractivity contribution in [1.29, 1.82) is 0 Å². The van der Waals surface area contributed by atoms with Crippen LogP contribution in [-0.4, -0.2) is 85.8 Å². The quantitative estimate of drug-likeness (QED) is 0.454. The summed E-state index contributed by atoms with van der Waals surface area (Å²) in [5.74, 6) is -1.62. The number of benzene rings is 2. The zero-order valence-corrected chi connectivity index (χ0v) is 24.9. The van der Waals surface area contributed by atoms with Gasteiger partial charge >= 0.3 is 0 Å². The van der Waals surface area contributed by atoms with E-state index in [4.69, 9.17) is 0 Å². The number of likely N-dealkylation sites (tertiary alicyclic amines) is 1. The van der Waals surface area contributed by atoms with Crippen molar-refractivity contribution < 1.29 is 19.5 Å². The molecule has 0 radical (unpaired) electrons. The Labute approximate surface area is 252 Å². The van der Waals surface area contributed by atoms with Crippen LogP contribution in [-0.2, 0) is 27.3 Å². The SMILES string of the molecule is CCCCN1CC=C[C@]23S[C@@H]4C=CCN(Cc5ccccc5)C(=O)[C@@H]4[C@H]2C(=O)N([C@@H](CO)Cc2ccccc2)C3C1=O. The lowest BCUT2D eigenvalue weighted by Gasteiger charge is -2.38. The molecule has 3 amide bonds. The normalized spacial score (nSPS) is 29.3. The van der Waals surface area contributed by atoms with E-state index in [1.54, 1.807) is 16.7 Å². The number of thioether (sulfide) groups is 1. The maximum atomic E-state index is 14.7. The molecule has 1 spiro atoms. The predicted octanol–water partition coefficient (Wildman–Crippen LogP) is 3.68. The van der Waals surface area contributed by atoms with E-state index in [1.807, 2.05) is 82.6 Å². The average Bonchev–Trinajstić information content (AvgIpc) is 3.34. The van der Waals surface area contributed by atoms with Gasteiger partial charge in [0, 0.05) is 31.4 Å². The maximum absolute atomic E-state index is 14.7. The largest absolute Gasteiger partial charge is 0.394 e. The second-order valence-corrected chi connectivity index (χ2v) is 13.3. The molecule has 6 rings (SSSR count). The summed E-state index contributed by atoms with van der Waals surface area (Å²) in [6.07, 6.45) is 10.5. The highest BCUT2D eigenvalue weighted by Gasteiger charge is 2.71. The number of hydrogen-bond donors (Lipinski definition) is 1. The van der Waals surface area contributed by atoms with E-state index in [-0.39, 0.29) is 29.6 Å². The molecule has 0 saturated carbocycles. The van der Waals surface area contributed by atoms with Crippen LogP contribution in [0.15, 0.2) is 85.0 Å². The summed E-state index contributed by atoms with van der Waals surface area (Å²) in [6, 6.07) is 18.3. The third-order valence-electron chi connectivity index (χ3n) is 9.18. The van der Waals surface area contributed by atoms with E-state index in [9.17, 15) is 19.5 Å². The molecule has 2 fully saturated rings. The van der Waals surface area contributed by atoms with Crippen molar-refractivity contribution in [2.24, 2.45) is 11.8 Å². The third kappa shape index (κ3) is 4.98. The Kier molecular flexibility index (Phi) is 8.28. The summed E-state index contributed by atoms with van der Waals surface area (Å²) >= 11 is 1.59. The van der Waals surface area contributed by atoms with E-state index >= 15 is 0 Å². The van der Waals surface area contributed by atoms with Crippen LogP contribution >= 0.6 is 11.8 Å². The number of amides is 3. The molecule has 2 aromatic carbocycles. The van der Waals surface area contributed by atoms with Gasteiger partial charge in [0.05, 0.1) is 29.2 Å². The molecule has 0 aromatic heterocycles. The van der Waals surface area contributed by atoms with Gasteiger partial charge in [0.1, 0.15) is 6.04 Å². The van der Waals surface area contributed by atoms with Gasteiger partial charge in [-0.2, -0.15) is 0 Å². The zero-order chi connectivity index (χ0) is 29.3. The summed E-state index contributed by atoms with van der Waals surface area (Å²) < 4.78 is -0.885. The molecule has 0 aliphatic carbocycles. The monoisotopic (exact) mass is 585 g/mol. The Balaban J connectivity index is 1.40. The number of hydrogen-bond acceptors (Lipinski definition) is 5. The second-order valence-electron chi connectivity index (χ2n) is 11.8. The van der Waals surface area contributed by atoms with Gasteiger partial charge in [0.2, 0.25) is 17.7 Å². The molecular formula is C34H39N3O4S. The zero-order valence-electron chi connectivity index (χ0n) is 24.0. The first kappa shape index (κ1) is 28.7. The molecule has 4 heterocycles. The van der Waals surface area contributed by atoms with Gasteiger partial charge < -0.3 is 19.8 Å². The molecular weight excluding hydrogens is 546 g/mol. The lowest BCUT2D eigenvalue weighted by atomic mass is 9.78.